The van der Waals surface area contributed by atoms with Crippen LogP contribution in [0.25, 0.3) is 5.57 Å². The zero-order chi connectivity index (χ0) is 20.9. The van der Waals surface area contributed by atoms with E-state index in [2.05, 4.69) is 36.3 Å². The molecule has 0 bridgehead atoms. The number of amides is 1. The molecule has 4 nitrogen and oxygen atoms in total. The second-order valence-corrected chi connectivity index (χ2v) is 10.6. The Morgan fingerprint density at radius 3 is 2.87 bits per heavy atom. The minimum absolute atomic E-state index is 0.232. The highest BCUT2D eigenvalue weighted by Gasteiger charge is 2.58. The van der Waals surface area contributed by atoms with E-state index < -0.39 is 0 Å². The highest BCUT2D eigenvalue weighted by molar-refractivity contribution is 5.76. The van der Waals surface area contributed by atoms with Gasteiger partial charge in [0.2, 0.25) is 5.91 Å². The first kappa shape index (κ1) is 20.1. The van der Waals surface area contributed by atoms with Gasteiger partial charge >= 0.3 is 0 Å². The van der Waals surface area contributed by atoms with Crippen molar-refractivity contribution in [3.63, 3.8) is 0 Å². The van der Waals surface area contributed by atoms with Crippen LogP contribution in [0.2, 0.25) is 0 Å². The molecule has 3 fully saturated rings. The number of allylic oxidation sites excluding steroid dienone is 2. The molecule has 1 aromatic rings. The third kappa shape index (κ3) is 3.01. The maximum atomic E-state index is 12.1. The molecule has 6 atom stereocenters. The van der Waals surface area contributed by atoms with Crippen LogP contribution in [0, 0.1) is 34.5 Å². The van der Waals surface area contributed by atoms with Gasteiger partial charge in [-0.05, 0) is 97.2 Å². The summed E-state index contributed by atoms with van der Waals surface area (Å²) >= 11 is 0. The molecule has 4 heteroatoms. The summed E-state index contributed by atoms with van der Waals surface area (Å²) in [6.45, 7) is 8.60. The van der Waals surface area contributed by atoms with E-state index in [1.54, 1.807) is 0 Å². The highest BCUT2D eigenvalue weighted by atomic mass is 16.5. The second kappa shape index (κ2) is 7.39. The number of hydrogen-bond donors (Lipinski definition) is 1. The summed E-state index contributed by atoms with van der Waals surface area (Å²) in [5, 5.41) is 3.19. The lowest BCUT2D eigenvalue weighted by Gasteiger charge is -2.58. The molecule has 162 valence electrons. The molecule has 1 N–H and O–H groups in total. The molecule has 1 aliphatic heterocycles. The number of nitrogens with one attached hydrogen (secondary N) is 1. The third-order valence-electron chi connectivity index (χ3n) is 9.42. The van der Waals surface area contributed by atoms with Gasteiger partial charge in [-0.2, -0.15) is 0 Å². The number of carbonyl (C=O) groups is 1. The lowest BCUT2D eigenvalue weighted by molar-refractivity contribution is -0.121. The van der Waals surface area contributed by atoms with Gasteiger partial charge < -0.3 is 10.1 Å². The highest BCUT2D eigenvalue weighted by Crippen LogP contribution is 2.66. The molecule has 5 rings (SSSR count). The van der Waals surface area contributed by atoms with E-state index in [1.807, 2.05) is 19.3 Å². The zero-order valence-electron chi connectivity index (χ0n) is 18.7. The van der Waals surface area contributed by atoms with E-state index in [1.165, 1.54) is 43.2 Å². The van der Waals surface area contributed by atoms with Crippen LogP contribution in [-0.4, -0.2) is 24.0 Å². The van der Waals surface area contributed by atoms with Crippen molar-refractivity contribution in [2.24, 2.45) is 34.5 Å². The Morgan fingerprint density at radius 2 is 2.03 bits per heavy atom. The van der Waals surface area contributed by atoms with Gasteiger partial charge in [0.25, 0.3) is 0 Å². The van der Waals surface area contributed by atoms with Gasteiger partial charge in [0.1, 0.15) is 5.75 Å². The lowest BCUT2D eigenvalue weighted by Crippen LogP contribution is -2.52. The Kier molecular flexibility index (Phi) is 4.95. The summed E-state index contributed by atoms with van der Waals surface area (Å²) in [5.41, 5.74) is 3.27. The summed E-state index contributed by atoms with van der Waals surface area (Å²) < 4.78 is 5.73. The van der Waals surface area contributed by atoms with Crippen LogP contribution in [0.5, 0.6) is 5.75 Å². The van der Waals surface area contributed by atoms with Crippen molar-refractivity contribution in [2.45, 2.75) is 65.7 Å². The van der Waals surface area contributed by atoms with Crippen LogP contribution in [0.15, 0.2) is 24.5 Å². The predicted octanol–water partition coefficient (Wildman–Crippen LogP) is 5.24. The molecule has 0 aromatic carbocycles. The molecular weight excluding hydrogens is 372 g/mol. The summed E-state index contributed by atoms with van der Waals surface area (Å²) in [7, 11) is 0. The smallest absolute Gasteiger partial charge is 0.220 e. The van der Waals surface area contributed by atoms with Crippen molar-refractivity contribution in [3.05, 3.63) is 30.1 Å². The lowest BCUT2D eigenvalue weighted by atomic mass is 9.46. The summed E-state index contributed by atoms with van der Waals surface area (Å²) in [6.07, 6.45) is 14.4. The average molecular weight is 409 g/mol. The molecule has 1 aromatic heterocycles. The minimum atomic E-state index is 0.232. The van der Waals surface area contributed by atoms with Crippen molar-refractivity contribution in [3.8, 4) is 5.75 Å². The molecule has 1 saturated heterocycles. The monoisotopic (exact) mass is 408 g/mol. The molecule has 0 spiro atoms. The predicted molar refractivity (Wildman–Crippen MR) is 119 cm³/mol. The fourth-order valence-electron chi connectivity index (χ4n) is 7.79. The van der Waals surface area contributed by atoms with Gasteiger partial charge in [-0.1, -0.05) is 19.9 Å². The van der Waals surface area contributed by atoms with Crippen LogP contribution in [0.3, 0.4) is 0 Å². The van der Waals surface area contributed by atoms with Gasteiger partial charge in [-0.15, -0.1) is 0 Å². The maximum absolute atomic E-state index is 12.1. The first-order valence-electron chi connectivity index (χ1n) is 12.0. The standard InChI is InChI=1S/C26H36N2O2/c1-4-30-19-13-17(14-27-16-19)21-7-8-22-20-6-5-18-15-28-24(29)10-12-25(18,2)23(20)9-11-26(21,22)3/h7,13-14,16,18,20,22-23H,4-6,8-12,15H2,1-3H3,(H,28,29)/t18-,20-,22-,23-,25-,26+/m0/s1. The Bertz CT molecular complexity index is 864. The second-order valence-electron chi connectivity index (χ2n) is 10.6. The molecule has 30 heavy (non-hydrogen) atoms. The van der Waals surface area contributed by atoms with Crippen LogP contribution in [0.1, 0.15) is 71.3 Å². The molecular formula is C26H36N2O2. The first-order valence-corrected chi connectivity index (χ1v) is 12.0. The van der Waals surface area contributed by atoms with Crippen LogP contribution in [-0.2, 0) is 4.79 Å². The topological polar surface area (TPSA) is 51.2 Å². The molecule has 0 radical (unpaired) electrons. The molecule has 2 heterocycles. The van der Waals surface area contributed by atoms with Gasteiger partial charge in [0.05, 0.1) is 12.8 Å². The number of aromatic nitrogens is 1. The number of pyridine rings is 1. The normalized spacial score (nSPS) is 40.4. The maximum Gasteiger partial charge on any atom is 0.220 e. The number of hydrogen-bond acceptors (Lipinski definition) is 3. The van der Waals surface area contributed by atoms with E-state index in [-0.39, 0.29) is 11.3 Å². The number of ether oxygens (including phenoxy) is 1. The van der Waals surface area contributed by atoms with Crippen molar-refractivity contribution in [1.29, 1.82) is 0 Å². The zero-order valence-corrected chi connectivity index (χ0v) is 18.7. The fraction of sp³-hybridized carbons (Fsp3) is 0.692. The van der Waals surface area contributed by atoms with Crippen molar-refractivity contribution in [2.75, 3.05) is 13.2 Å². The van der Waals surface area contributed by atoms with Gasteiger partial charge in [-0.3, -0.25) is 9.78 Å². The van der Waals surface area contributed by atoms with Gasteiger partial charge in [-0.25, -0.2) is 0 Å². The van der Waals surface area contributed by atoms with Gasteiger partial charge in [0, 0.05) is 19.2 Å². The average Bonchev–Trinajstić information content (AvgIpc) is 3.01. The fourth-order valence-corrected chi connectivity index (χ4v) is 7.79. The molecule has 3 aliphatic carbocycles. The SMILES string of the molecule is CCOc1cncc(C2=CC[C@H]3[C@@H]4CC[C@H]5CNC(=O)CC[C@]5(C)[C@H]4CC[C@]23C)c1. The largest absolute Gasteiger partial charge is 0.492 e. The van der Waals surface area contributed by atoms with E-state index in [4.69, 9.17) is 4.74 Å². The minimum Gasteiger partial charge on any atom is -0.492 e. The first-order chi connectivity index (χ1) is 14.5. The number of fused-ring (bicyclic) bond motifs is 5. The molecule has 4 aliphatic rings. The molecule has 0 unspecified atom stereocenters. The molecule has 2 saturated carbocycles. The number of nitrogens with zero attached hydrogens (tertiary/aromatic N) is 1. The summed E-state index contributed by atoms with van der Waals surface area (Å²) in [6, 6.07) is 2.18. The Labute approximate surface area is 180 Å². The Hall–Kier alpha value is -1.84. The van der Waals surface area contributed by atoms with Crippen molar-refractivity contribution >= 4 is 11.5 Å². The van der Waals surface area contributed by atoms with E-state index in [0.29, 0.717) is 30.3 Å². The number of rotatable bonds is 3. The Morgan fingerprint density at radius 1 is 1.17 bits per heavy atom. The van der Waals surface area contributed by atoms with E-state index in [0.717, 1.165) is 30.6 Å². The van der Waals surface area contributed by atoms with Crippen LogP contribution in [0.4, 0.5) is 0 Å². The van der Waals surface area contributed by atoms with Crippen molar-refractivity contribution < 1.29 is 9.53 Å². The van der Waals surface area contributed by atoms with Crippen LogP contribution < -0.4 is 10.1 Å². The van der Waals surface area contributed by atoms with Gasteiger partial charge in [0.15, 0.2) is 0 Å². The van der Waals surface area contributed by atoms with E-state index in [9.17, 15) is 4.79 Å². The molecule has 1 amide bonds. The quantitative estimate of drug-likeness (QED) is 0.744. The summed E-state index contributed by atoms with van der Waals surface area (Å²) in [5.74, 6) is 4.02. The summed E-state index contributed by atoms with van der Waals surface area (Å²) in [4.78, 5) is 16.6. The number of carbonyl (C=O) groups excluding carboxylic acids is 1. The Balaban J connectivity index is 1.42. The third-order valence-corrected chi connectivity index (χ3v) is 9.42. The van der Waals surface area contributed by atoms with E-state index >= 15 is 0 Å². The van der Waals surface area contributed by atoms with Crippen molar-refractivity contribution in [1.82, 2.24) is 10.3 Å². The van der Waals surface area contributed by atoms with Crippen LogP contribution >= 0.6 is 0 Å².